The van der Waals surface area contributed by atoms with E-state index in [0.29, 0.717) is 19.3 Å². The maximum absolute atomic E-state index is 13.1. The summed E-state index contributed by atoms with van der Waals surface area (Å²) in [4.78, 5) is 11.7. The van der Waals surface area contributed by atoms with Crippen molar-refractivity contribution in [3.8, 4) is 0 Å². The molecule has 2 saturated carbocycles. The van der Waals surface area contributed by atoms with Gasteiger partial charge in [0.25, 0.3) is 6.29 Å². The molecule has 0 amide bonds. The van der Waals surface area contributed by atoms with E-state index < -0.39 is 39.2 Å². The molecule has 10 heteroatoms. The van der Waals surface area contributed by atoms with Gasteiger partial charge in [0.1, 0.15) is 0 Å². The molecule has 2 aliphatic carbocycles. The Kier molecular flexibility index (Phi) is 4.75. The quantitative estimate of drug-likeness (QED) is 0.379. The second-order valence-corrected chi connectivity index (χ2v) is 8.10. The summed E-state index contributed by atoms with van der Waals surface area (Å²) < 4.78 is 59.5. The highest BCUT2D eigenvalue weighted by Gasteiger charge is 2.55. The monoisotopic (exact) mass is 358 g/mol. The minimum absolute atomic E-state index is 0.0238. The predicted octanol–water partition coefficient (Wildman–Crippen LogP) is 0.906. The topological polar surface area (TPSA) is 121 Å². The Morgan fingerprint density at radius 2 is 1.96 bits per heavy atom. The number of halogens is 2. The van der Waals surface area contributed by atoms with E-state index in [0.717, 1.165) is 12.8 Å². The van der Waals surface area contributed by atoms with Gasteiger partial charge in [-0.2, -0.15) is 17.2 Å². The Morgan fingerprint density at radius 1 is 1.39 bits per heavy atom. The third-order valence-corrected chi connectivity index (χ3v) is 5.82. The van der Waals surface area contributed by atoms with Gasteiger partial charge >= 0.3 is 21.3 Å². The average Bonchev–Trinajstić information content (AvgIpc) is 2.65. The molecule has 0 aromatic rings. The molecule has 0 aromatic heterocycles. The number of carbonyl (C=O) groups excluding carboxylic acids is 1. The molecule has 0 spiro atoms. The van der Waals surface area contributed by atoms with Crippen molar-refractivity contribution in [2.45, 2.75) is 56.2 Å². The van der Waals surface area contributed by atoms with Gasteiger partial charge in [0.05, 0.1) is 11.5 Å². The third-order valence-electron chi connectivity index (χ3n) is 4.93. The average molecular weight is 358 g/mol. The van der Waals surface area contributed by atoms with E-state index in [9.17, 15) is 27.1 Å². The summed E-state index contributed by atoms with van der Waals surface area (Å²) >= 11 is 0. The van der Waals surface area contributed by atoms with Crippen molar-refractivity contribution < 1.29 is 41.5 Å². The lowest BCUT2D eigenvalue weighted by Gasteiger charge is -2.42. The number of aliphatic hydroxyl groups is 2. The smallest absolute Gasteiger partial charge is 0.428 e. The van der Waals surface area contributed by atoms with Crippen LogP contribution >= 0.6 is 0 Å². The Labute approximate surface area is 132 Å². The van der Waals surface area contributed by atoms with Crippen LogP contribution in [0.5, 0.6) is 0 Å². The minimum atomic E-state index is -5.89. The minimum Gasteiger partial charge on any atom is -0.428 e. The van der Waals surface area contributed by atoms with E-state index in [4.69, 9.17) is 9.66 Å². The Balaban J connectivity index is 1.88. The summed E-state index contributed by atoms with van der Waals surface area (Å²) in [6.07, 6.45) is -0.250. The number of esters is 1. The van der Waals surface area contributed by atoms with Crippen LogP contribution in [0.25, 0.3) is 0 Å². The van der Waals surface area contributed by atoms with E-state index in [1.54, 1.807) is 6.92 Å². The SMILES string of the molecule is CC1(O)CCCC1C1CC(C(=O)OC(O)C(F)(F)S(=O)(=O)O)C1. The molecule has 23 heavy (non-hydrogen) atoms. The predicted molar refractivity (Wildman–Crippen MR) is 72.8 cm³/mol. The highest BCUT2D eigenvalue weighted by molar-refractivity contribution is 7.86. The highest BCUT2D eigenvalue weighted by Crippen LogP contribution is 2.50. The standard InChI is InChI=1S/C13H20F2O7S/c1-12(18)4-2-3-9(12)7-5-8(6-7)10(16)22-11(17)13(14,15)23(19,20)21/h7-9,11,17-18H,2-6H2,1H3,(H,19,20,21). The van der Waals surface area contributed by atoms with Crippen LogP contribution < -0.4 is 0 Å². The fourth-order valence-electron chi connectivity index (χ4n) is 3.50. The lowest BCUT2D eigenvalue weighted by molar-refractivity contribution is -0.213. The second-order valence-electron chi connectivity index (χ2n) is 6.61. The van der Waals surface area contributed by atoms with Crippen LogP contribution in [-0.4, -0.2) is 46.3 Å². The van der Waals surface area contributed by atoms with Gasteiger partial charge in [-0.15, -0.1) is 0 Å². The summed E-state index contributed by atoms with van der Waals surface area (Å²) in [5.41, 5.74) is -0.808. The summed E-state index contributed by atoms with van der Waals surface area (Å²) in [7, 11) is -5.89. The Hall–Kier alpha value is -0.840. The zero-order valence-corrected chi connectivity index (χ0v) is 13.3. The van der Waals surface area contributed by atoms with Gasteiger partial charge in [-0.25, -0.2) is 0 Å². The number of alkyl halides is 2. The van der Waals surface area contributed by atoms with Crippen LogP contribution in [0.4, 0.5) is 8.78 Å². The first kappa shape index (κ1) is 18.5. The van der Waals surface area contributed by atoms with Gasteiger partial charge in [0.15, 0.2) is 0 Å². The number of carbonyl (C=O) groups is 1. The molecule has 0 saturated heterocycles. The molecular formula is C13H20F2O7S. The molecule has 0 heterocycles. The van der Waals surface area contributed by atoms with Gasteiger partial charge in [-0.05, 0) is 44.4 Å². The molecule has 3 unspecified atom stereocenters. The summed E-state index contributed by atoms with van der Waals surface area (Å²) in [6.45, 7) is 1.73. The molecule has 7 nitrogen and oxygen atoms in total. The third kappa shape index (κ3) is 3.49. The van der Waals surface area contributed by atoms with Crippen molar-refractivity contribution in [1.82, 2.24) is 0 Å². The van der Waals surface area contributed by atoms with Crippen molar-refractivity contribution in [3.05, 3.63) is 0 Å². The molecule has 0 radical (unpaired) electrons. The van der Waals surface area contributed by atoms with Crippen LogP contribution in [0.2, 0.25) is 0 Å². The zero-order chi connectivity index (χ0) is 17.6. The second kappa shape index (κ2) is 5.91. The van der Waals surface area contributed by atoms with Crippen molar-refractivity contribution >= 4 is 16.1 Å². The number of hydrogen-bond donors (Lipinski definition) is 3. The number of ether oxygens (including phenoxy) is 1. The number of rotatable bonds is 5. The highest BCUT2D eigenvalue weighted by atomic mass is 32.2. The molecular weight excluding hydrogens is 338 g/mol. The summed E-state index contributed by atoms with van der Waals surface area (Å²) in [6, 6.07) is 0. The fraction of sp³-hybridized carbons (Fsp3) is 0.923. The van der Waals surface area contributed by atoms with Gasteiger partial charge in [-0.3, -0.25) is 9.35 Å². The first-order valence-electron chi connectivity index (χ1n) is 7.32. The van der Waals surface area contributed by atoms with Gasteiger partial charge in [-0.1, -0.05) is 6.42 Å². The molecule has 0 aliphatic heterocycles. The van der Waals surface area contributed by atoms with Crippen molar-refractivity contribution in [2.75, 3.05) is 0 Å². The van der Waals surface area contributed by atoms with E-state index in [2.05, 4.69) is 4.74 Å². The fourth-order valence-corrected chi connectivity index (χ4v) is 3.81. The molecule has 2 rings (SSSR count). The maximum atomic E-state index is 13.1. The Bertz CT molecular complexity index is 569. The van der Waals surface area contributed by atoms with Gasteiger partial charge in [0.2, 0.25) is 0 Å². The van der Waals surface area contributed by atoms with Crippen LogP contribution in [0, 0.1) is 17.8 Å². The van der Waals surface area contributed by atoms with Crippen molar-refractivity contribution in [2.24, 2.45) is 17.8 Å². The molecule has 0 aromatic carbocycles. The summed E-state index contributed by atoms with van der Waals surface area (Å²) in [5, 5.41) is 14.3. The first-order valence-corrected chi connectivity index (χ1v) is 8.76. The molecule has 2 fully saturated rings. The van der Waals surface area contributed by atoms with E-state index in [-0.39, 0.29) is 11.8 Å². The van der Waals surface area contributed by atoms with Crippen LogP contribution in [0.3, 0.4) is 0 Å². The zero-order valence-electron chi connectivity index (χ0n) is 12.5. The van der Waals surface area contributed by atoms with E-state index in [1.807, 2.05) is 0 Å². The largest absolute Gasteiger partial charge is 0.430 e. The lowest BCUT2D eigenvalue weighted by Crippen LogP contribution is -2.47. The van der Waals surface area contributed by atoms with E-state index in [1.165, 1.54) is 0 Å². The van der Waals surface area contributed by atoms with Crippen LogP contribution in [0.15, 0.2) is 0 Å². The first-order chi connectivity index (χ1) is 10.4. The molecule has 0 bridgehead atoms. The van der Waals surface area contributed by atoms with Crippen molar-refractivity contribution in [1.29, 1.82) is 0 Å². The normalized spacial score (nSPS) is 36.3. The number of hydrogen-bond acceptors (Lipinski definition) is 6. The Morgan fingerprint density at radius 3 is 2.39 bits per heavy atom. The van der Waals surface area contributed by atoms with Gasteiger partial charge in [0, 0.05) is 0 Å². The van der Waals surface area contributed by atoms with E-state index >= 15 is 0 Å². The lowest BCUT2D eigenvalue weighted by atomic mass is 9.65. The molecule has 3 atom stereocenters. The summed E-state index contributed by atoms with van der Waals surface area (Å²) in [5.74, 6) is -1.79. The van der Waals surface area contributed by atoms with Gasteiger partial charge < -0.3 is 14.9 Å². The molecule has 3 N–H and O–H groups in total. The van der Waals surface area contributed by atoms with Crippen LogP contribution in [0.1, 0.15) is 39.0 Å². The van der Waals surface area contributed by atoms with Crippen LogP contribution in [-0.2, 0) is 19.6 Å². The number of aliphatic hydroxyl groups excluding tert-OH is 1. The van der Waals surface area contributed by atoms with Crippen molar-refractivity contribution in [3.63, 3.8) is 0 Å². The maximum Gasteiger partial charge on any atom is 0.430 e. The molecule has 134 valence electrons. The molecule has 2 aliphatic rings.